The van der Waals surface area contributed by atoms with Crippen molar-refractivity contribution in [3.05, 3.63) is 39.1 Å². The molecular formula is C13H14BrFN2O2. The average molecular weight is 329 g/mol. The Kier molecular flexibility index (Phi) is 3.73. The van der Waals surface area contributed by atoms with Crippen LogP contribution in [0.25, 0.3) is 10.9 Å². The van der Waals surface area contributed by atoms with Gasteiger partial charge in [-0.1, -0.05) is 22.9 Å². The zero-order chi connectivity index (χ0) is 14.2. The second-order valence-electron chi connectivity index (χ2n) is 4.81. The highest BCUT2D eigenvalue weighted by Crippen LogP contribution is 2.19. The van der Waals surface area contributed by atoms with Crippen LogP contribution in [0.1, 0.15) is 20.3 Å². The van der Waals surface area contributed by atoms with Crippen molar-refractivity contribution in [1.29, 1.82) is 0 Å². The van der Waals surface area contributed by atoms with Crippen molar-refractivity contribution in [2.24, 2.45) is 0 Å². The van der Waals surface area contributed by atoms with E-state index in [0.29, 0.717) is 10.9 Å². The number of halogens is 2. The molecule has 0 aliphatic carbocycles. The van der Waals surface area contributed by atoms with Crippen molar-refractivity contribution in [3.8, 4) is 0 Å². The third kappa shape index (κ3) is 2.84. The van der Waals surface area contributed by atoms with Crippen molar-refractivity contribution in [2.75, 3.05) is 0 Å². The van der Waals surface area contributed by atoms with Crippen LogP contribution in [0.3, 0.4) is 0 Å². The maximum Gasteiger partial charge on any atom is 0.261 e. The monoisotopic (exact) mass is 328 g/mol. The molecular weight excluding hydrogens is 315 g/mol. The van der Waals surface area contributed by atoms with Crippen LogP contribution in [-0.2, 0) is 6.54 Å². The van der Waals surface area contributed by atoms with Crippen LogP contribution in [0.2, 0.25) is 0 Å². The summed E-state index contributed by atoms with van der Waals surface area (Å²) in [5.41, 5.74) is -1.32. The summed E-state index contributed by atoms with van der Waals surface area (Å²) in [5.74, 6) is -0.545. The minimum atomic E-state index is -0.996. The smallest absolute Gasteiger partial charge is 0.261 e. The lowest BCUT2D eigenvalue weighted by Gasteiger charge is -2.22. The number of hydrogen-bond acceptors (Lipinski definition) is 3. The Balaban J connectivity index is 2.61. The summed E-state index contributed by atoms with van der Waals surface area (Å²) in [5, 5.41) is 10.2. The average Bonchev–Trinajstić information content (AvgIpc) is 2.33. The van der Waals surface area contributed by atoms with E-state index in [2.05, 4.69) is 20.9 Å². The van der Waals surface area contributed by atoms with Gasteiger partial charge in [0.2, 0.25) is 0 Å². The predicted molar refractivity (Wildman–Crippen MR) is 74.6 cm³/mol. The Bertz CT molecular complexity index is 682. The maximum absolute atomic E-state index is 13.7. The van der Waals surface area contributed by atoms with Crippen LogP contribution in [0, 0.1) is 5.82 Å². The molecule has 0 aliphatic rings. The largest absolute Gasteiger partial charge is 0.388 e. The lowest BCUT2D eigenvalue weighted by molar-refractivity contribution is 0.0368. The number of hydrogen-bond donors (Lipinski definition) is 1. The van der Waals surface area contributed by atoms with E-state index in [9.17, 15) is 14.3 Å². The van der Waals surface area contributed by atoms with E-state index in [0.717, 1.165) is 0 Å². The van der Waals surface area contributed by atoms with Gasteiger partial charge in [0.05, 0.1) is 23.9 Å². The number of fused-ring (bicyclic) bond motifs is 1. The van der Waals surface area contributed by atoms with Crippen LogP contribution < -0.4 is 5.56 Å². The molecule has 19 heavy (non-hydrogen) atoms. The van der Waals surface area contributed by atoms with Crippen LogP contribution in [0.5, 0.6) is 0 Å². The number of benzene rings is 1. The highest BCUT2D eigenvalue weighted by molar-refractivity contribution is 9.10. The summed E-state index contributed by atoms with van der Waals surface area (Å²) < 4.78 is 15.5. The maximum atomic E-state index is 13.7. The first kappa shape index (κ1) is 14.1. The zero-order valence-corrected chi connectivity index (χ0v) is 12.2. The van der Waals surface area contributed by atoms with E-state index in [1.54, 1.807) is 6.92 Å². The fourth-order valence-electron chi connectivity index (χ4n) is 1.79. The molecule has 4 nitrogen and oxygen atoms in total. The van der Waals surface area contributed by atoms with E-state index in [4.69, 9.17) is 0 Å². The molecule has 1 aromatic carbocycles. The molecule has 6 heteroatoms. The Labute approximate surface area is 118 Å². The van der Waals surface area contributed by atoms with Crippen LogP contribution >= 0.6 is 15.9 Å². The van der Waals surface area contributed by atoms with Gasteiger partial charge in [-0.15, -0.1) is 0 Å². The van der Waals surface area contributed by atoms with Gasteiger partial charge in [0, 0.05) is 4.47 Å². The molecule has 0 amide bonds. The Hall–Kier alpha value is -1.27. The van der Waals surface area contributed by atoms with Gasteiger partial charge in [-0.05, 0) is 25.5 Å². The van der Waals surface area contributed by atoms with Gasteiger partial charge in [-0.25, -0.2) is 9.37 Å². The first-order valence-electron chi connectivity index (χ1n) is 5.90. The van der Waals surface area contributed by atoms with Gasteiger partial charge in [0.1, 0.15) is 5.52 Å². The van der Waals surface area contributed by atoms with E-state index < -0.39 is 11.4 Å². The first-order chi connectivity index (χ1) is 8.84. The molecule has 0 saturated heterocycles. The molecule has 0 radical (unpaired) electrons. The normalized spacial score (nSPS) is 14.6. The summed E-state index contributed by atoms with van der Waals surface area (Å²) >= 11 is 3.15. The fourth-order valence-corrected chi connectivity index (χ4v) is 2.22. The SMILES string of the molecule is CCC(C)(O)Cn1cnc2c(F)cc(Br)cc2c1=O. The van der Waals surface area contributed by atoms with Crippen LogP contribution in [0.15, 0.2) is 27.7 Å². The number of aromatic nitrogens is 2. The molecule has 2 rings (SSSR count). The summed E-state index contributed by atoms with van der Waals surface area (Å²) in [7, 11) is 0. The van der Waals surface area contributed by atoms with Gasteiger partial charge >= 0.3 is 0 Å². The lowest BCUT2D eigenvalue weighted by Crippen LogP contribution is -2.35. The van der Waals surface area contributed by atoms with Gasteiger partial charge in [0.25, 0.3) is 5.56 Å². The Morgan fingerprint density at radius 1 is 1.53 bits per heavy atom. The molecule has 0 spiro atoms. The second kappa shape index (κ2) is 5.02. The second-order valence-corrected chi connectivity index (χ2v) is 5.73. The molecule has 0 fully saturated rings. The highest BCUT2D eigenvalue weighted by atomic mass is 79.9. The molecule has 1 N–H and O–H groups in total. The molecule has 0 saturated carbocycles. The number of rotatable bonds is 3. The molecule has 0 bridgehead atoms. The molecule has 1 aromatic heterocycles. The minimum absolute atomic E-state index is 0.0422. The Morgan fingerprint density at radius 2 is 2.21 bits per heavy atom. The van der Waals surface area contributed by atoms with Crippen LogP contribution in [-0.4, -0.2) is 20.3 Å². The third-order valence-corrected chi connectivity index (χ3v) is 3.58. The van der Waals surface area contributed by atoms with E-state index in [-0.39, 0.29) is 23.0 Å². The fraction of sp³-hybridized carbons (Fsp3) is 0.385. The topological polar surface area (TPSA) is 55.1 Å². The first-order valence-corrected chi connectivity index (χ1v) is 6.70. The van der Waals surface area contributed by atoms with Crippen molar-refractivity contribution in [1.82, 2.24) is 9.55 Å². The minimum Gasteiger partial charge on any atom is -0.388 e. The standard InChI is InChI=1S/C13H14BrFN2O2/c1-3-13(2,19)6-17-7-16-11-9(12(17)18)4-8(14)5-10(11)15/h4-5,7,19H,3,6H2,1-2H3. The summed E-state index contributed by atoms with van der Waals surface area (Å²) in [4.78, 5) is 16.2. The highest BCUT2D eigenvalue weighted by Gasteiger charge is 2.20. The number of aliphatic hydroxyl groups is 1. The van der Waals surface area contributed by atoms with Crippen molar-refractivity contribution >= 4 is 26.8 Å². The van der Waals surface area contributed by atoms with E-state index >= 15 is 0 Å². The zero-order valence-electron chi connectivity index (χ0n) is 10.7. The summed E-state index contributed by atoms with van der Waals surface area (Å²) in [6.07, 6.45) is 1.77. The summed E-state index contributed by atoms with van der Waals surface area (Å²) in [6, 6.07) is 2.80. The lowest BCUT2D eigenvalue weighted by atomic mass is 10.0. The van der Waals surface area contributed by atoms with Gasteiger partial charge in [-0.3, -0.25) is 9.36 Å². The van der Waals surface area contributed by atoms with Crippen molar-refractivity contribution < 1.29 is 9.50 Å². The van der Waals surface area contributed by atoms with E-state index in [1.807, 2.05) is 6.92 Å². The molecule has 1 atom stereocenters. The van der Waals surface area contributed by atoms with Crippen LogP contribution in [0.4, 0.5) is 4.39 Å². The quantitative estimate of drug-likeness (QED) is 0.941. The Morgan fingerprint density at radius 3 is 2.84 bits per heavy atom. The third-order valence-electron chi connectivity index (χ3n) is 3.12. The molecule has 0 aliphatic heterocycles. The predicted octanol–water partition coefficient (Wildman–Crippen LogP) is 2.46. The molecule has 2 aromatic rings. The molecule has 1 unspecified atom stereocenters. The molecule has 102 valence electrons. The number of nitrogens with zero attached hydrogens (tertiary/aromatic N) is 2. The van der Waals surface area contributed by atoms with Crippen molar-refractivity contribution in [2.45, 2.75) is 32.4 Å². The van der Waals surface area contributed by atoms with Crippen molar-refractivity contribution in [3.63, 3.8) is 0 Å². The van der Waals surface area contributed by atoms with Gasteiger partial charge in [0.15, 0.2) is 5.82 Å². The summed E-state index contributed by atoms with van der Waals surface area (Å²) in [6.45, 7) is 3.60. The van der Waals surface area contributed by atoms with Gasteiger partial charge < -0.3 is 5.11 Å². The van der Waals surface area contributed by atoms with E-state index in [1.165, 1.54) is 23.0 Å². The van der Waals surface area contributed by atoms with Gasteiger partial charge in [-0.2, -0.15) is 0 Å². The molecule has 1 heterocycles.